The Labute approximate surface area is 103 Å². The molecule has 2 nitrogen and oxygen atoms in total. The van der Waals surface area contributed by atoms with Crippen LogP contribution in [-0.2, 0) is 6.42 Å². The Morgan fingerprint density at radius 3 is 3.06 bits per heavy atom. The van der Waals surface area contributed by atoms with Crippen LogP contribution in [0.15, 0.2) is 18.2 Å². The molecule has 0 bridgehead atoms. The van der Waals surface area contributed by atoms with E-state index in [2.05, 4.69) is 10.6 Å². The Kier molecular flexibility index (Phi) is 4.51. The topological polar surface area (TPSA) is 24.1 Å². The summed E-state index contributed by atoms with van der Waals surface area (Å²) < 4.78 is 13.1. The Morgan fingerprint density at radius 2 is 2.35 bits per heavy atom. The molecule has 0 amide bonds. The third-order valence-corrected chi connectivity index (χ3v) is 3.41. The van der Waals surface area contributed by atoms with Crippen LogP contribution < -0.4 is 10.6 Å². The van der Waals surface area contributed by atoms with E-state index in [0.717, 1.165) is 44.1 Å². The van der Waals surface area contributed by atoms with Gasteiger partial charge in [0.25, 0.3) is 0 Å². The van der Waals surface area contributed by atoms with Crippen molar-refractivity contribution in [1.82, 2.24) is 10.6 Å². The average Bonchev–Trinajstić information content (AvgIpc) is 2.82. The third kappa shape index (κ3) is 3.79. The van der Waals surface area contributed by atoms with Gasteiger partial charge in [0.1, 0.15) is 5.82 Å². The Hall–Kier alpha value is -0.930. The molecule has 1 heterocycles. The number of rotatable bonds is 5. The lowest BCUT2D eigenvalue weighted by molar-refractivity contribution is 0.515. The predicted molar refractivity (Wildman–Crippen MR) is 68.7 cm³/mol. The van der Waals surface area contributed by atoms with E-state index in [1.165, 1.54) is 12.0 Å². The van der Waals surface area contributed by atoms with Crippen molar-refractivity contribution in [3.8, 4) is 0 Å². The molecule has 0 radical (unpaired) electrons. The van der Waals surface area contributed by atoms with Crippen molar-refractivity contribution in [3.05, 3.63) is 35.1 Å². The zero-order chi connectivity index (χ0) is 12.1. The molecule has 3 heteroatoms. The molecular weight excluding hydrogens is 215 g/mol. The minimum atomic E-state index is -0.112. The van der Waals surface area contributed by atoms with Crippen LogP contribution in [0.25, 0.3) is 0 Å². The highest BCUT2D eigenvalue weighted by molar-refractivity contribution is 5.24. The van der Waals surface area contributed by atoms with Gasteiger partial charge in [0.15, 0.2) is 0 Å². The van der Waals surface area contributed by atoms with Crippen molar-refractivity contribution in [3.63, 3.8) is 0 Å². The fraction of sp³-hybridized carbons (Fsp3) is 0.571. The number of aryl methyl sites for hydroxylation is 1. The van der Waals surface area contributed by atoms with E-state index in [0.29, 0.717) is 0 Å². The number of halogens is 1. The van der Waals surface area contributed by atoms with Gasteiger partial charge in [0.2, 0.25) is 0 Å². The summed E-state index contributed by atoms with van der Waals surface area (Å²) in [6.07, 6.45) is 2.25. The highest BCUT2D eigenvalue weighted by atomic mass is 19.1. The van der Waals surface area contributed by atoms with Crippen LogP contribution in [0, 0.1) is 18.7 Å². The van der Waals surface area contributed by atoms with Crippen LogP contribution in [-0.4, -0.2) is 26.2 Å². The second-order valence-electron chi connectivity index (χ2n) is 4.90. The van der Waals surface area contributed by atoms with Crippen LogP contribution in [0.2, 0.25) is 0 Å². The molecular formula is C14H21FN2. The molecule has 2 rings (SSSR count). The van der Waals surface area contributed by atoms with Gasteiger partial charge in [-0.1, -0.05) is 12.1 Å². The Balaban J connectivity index is 1.68. The summed E-state index contributed by atoms with van der Waals surface area (Å²) in [4.78, 5) is 0. The van der Waals surface area contributed by atoms with Crippen molar-refractivity contribution in [2.45, 2.75) is 19.8 Å². The van der Waals surface area contributed by atoms with Crippen molar-refractivity contribution >= 4 is 0 Å². The minimum Gasteiger partial charge on any atom is -0.316 e. The van der Waals surface area contributed by atoms with E-state index in [9.17, 15) is 4.39 Å². The van der Waals surface area contributed by atoms with Crippen LogP contribution in [0.5, 0.6) is 0 Å². The SMILES string of the molecule is Cc1cc(CCNCC2CCNC2)ccc1F. The second-order valence-corrected chi connectivity index (χ2v) is 4.90. The lowest BCUT2D eigenvalue weighted by atomic mass is 10.1. The molecule has 94 valence electrons. The number of benzene rings is 1. The molecule has 2 N–H and O–H groups in total. The molecule has 1 fully saturated rings. The van der Waals surface area contributed by atoms with Gasteiger partial charge in [-0.25, -0.2) is 4.39 Å². The third-order valence-electron chi connectivity index (χ3n) is 3.41. The molecule has 1 saturated heterocycles. The highest BCUT2D eigenvalue weighted by Crippen LogP contribution is 2.09. The van der Waals surface area contributed by atoms with Crippen molar-refractivity contribution in [2.75, 3.05) is 26.2 Å². The van der Waals surface area contributed by atoms with E-state index >= 15 is 0 Å². The smallest absolute Gasteiger partial charge is 0.126 e. The van der Waals surface area contributed by atoms with Gasteiger partial charge in [-0.15, -0.1) is 0 Å². The van der Waals surface area contributed by atoms with Gasteiger partial charge in [-0.05, 0) is 69.1 Å². The molecule has 1 unspecified atom stereocenters. The Morgan fingerprint density at radius 1 is 1.47 bits per heavy atom. The first kappa shape index (κ1) is 12.5. The number of hydrogen-bond acceptors (Lipinski definition) is 2. The van der Waals surface area contributed by atoms with Crippen LogP contribution in [0.4, 0.5) is 4.39 Å². The van der Waals surface area contributed by atoms with E-state index in [-0.39, 0.29) is 5.82 Å². The van der Waals surface area contributed by atoms with Gasteiger partial charge in [-0.2, -0.15) is 0 Å². The zero-order valence-electron chi connectivity index (χ0n) is 10.4. The maximum absolute atomic E-state index is 13.1. The van der Waals surface area contributed by atoms with Gasteiger partial charge >= 0.3 is 0 Å². The van der Waals surface area contributed by atoms with Crippen molar-refractivity contribution in [1.29, 1.82) is 0 Å². The molecule has 17 heavy (non-hydrogen) atoms. The standard InChI is InChI=1S/C14H21FN2/c1-11-8-12(2-3-14(11)15)4-6-16-9-13-5-7-17-10-13/h2-3,8,13,16-17H,4-7,9-10H2,1H3. The molecule has 1 aliphatic rings. The lowest BCUT2D eigenvalue weighted by Gasteiger charge is -2.10. The zero-order valence-corrected chi connectivity index (χ0v) is 10.4. The first-order chi connectivity index (χ1) is 8.25. The van der Waals surface area contributed by atoms with E-state index in [1.807, 2.05) is 19.1 Å². The van der Waals surface area contributed by atoms with Crippen LogP contribution in [0.1, 0.15) is 17.5 Å². The molecule has 0 saturated carbocycles. The fourth-order valence-electron chi connectivity index (χ4n) is 2.29. The summed E-state index contributed by atoms with van der Waals surface area (Å²) >= 11 is 0. The van der Waals surface area contributed by atoms with Crippen molar-refractivity contribution in [2.24, 2.45) is 5.92 Å². The lowest BCUT2D eigenvalue weighted by Crippen LogP contribution is -2.26. The number of hydrogen-bond donors (Lipinski definition) is 2. The van der Waals surface area contributed by atoms with Gasteiger partial charge in [0.05, 0.1) is 0 Å². The van der Waals surface area contributed by atoms with E-state index in [4.69, 9.17) is 0 Å². The van der Waals surface area contributed by atoms with Crippen molar-refractivity contribution < 1.29 is 4.39 Å². The summed E-state index contributed by atoms with van der Waals surface area (Å²) in [5.74, 6) is 0.670. The maximum Gasteiger partial charge on any atom is 0.126 e. The first-order valence-electron chi connectivity index (χ1n) is 6.42. The van der Waals surface area contributed by atoms with Crippen LogP contribution >= 0.6 is 0 Å². The largest absolute Gasteiger partial charge is 0.316 e. The molecule has 0 spiro atoms. The Bertz CT molecular complexity index is 359. The number of nitrogens with one attached hydrogen (secondary N) is 2. The minimum absolute atomic E-state index is 0.112. The molecule has 1 aliphatic heterocycles. The summed E-state index contributed by atoms with van der Waals surface area (Å²) in [7, 11) is 0. The van der Waals surface area contributed by atoms with E-state index in [1.54, 1.807) is 6.07 Å². The molecule has 1 aromatic carbocycles. The molecule has 0 aliphatic carbocycles. The van der Waals surface area contributed by atoms with Gasteiger partial charge in [0, 0.05) is 0 Å². The average molecular weight is 236 g/mol. The van der Waals surface area contributed by atoms with Gasteiger partial charge in [-0.3, -0.25) is 0 Å². The monoisotopic (exact) mass is 236 g/mol. The summed E-state index contributed by atoms with van der Waals surface area (Å²) in [6, 6.07) is 5.38. The highest BCUT2D eigenvalue weighted by Gasteiger charge is 2.12. The molecule has 1 atom stereocenters. The maximum atomic E-state index is 13.1. The fourth-order valence-corrected chi connectivity index (χ4v) is 2.29. The van der Waals surface area contributed by atoms with Crippen LogP contribution in [0.3, 0.4) is 0 Å². The molecule has 0 aromatic heterocycles. The summed E-state index contributed by atoms with van der Waals surface area (Å²) in [5.41, 5.74) is 1.95. The second kappa shape index (κ2) is 6.12. The van der Waals surface area contributed by atoms with Gasteiger partial charge < -0.3 is 10.6 Å². The summed E-state index contributed by atoms with van der Waals surface area (Å²) in [6.45, 7) is 6.18. The summed E-state index contributed by atoms with van der Waals surface area (Å²) in [5, 5.41) is 6.84. The molecule has 1 aromatic rings. The normalized spacial score (nSPS) is 19.8. The first-order valence-corrected chi connectivity index (χ1v) is 6.42. The quantitative estimate of drug-likeness (QED) is 0.763. The predicted octanol–water partition coefficient (Wildman–Crippen LogP) is 1.88. The van der Waals surface area contributed by atoms with E-state index < -0.39 is 0 Å².